The Morgan fingerprint density at radius 3 is 2.09 bits per heavy atom. The van der Waals surface area contributed by atoms with E-state index in [1.54, 1.807) is 6.07 Å². The number of Topliss-reactive ketones (excluding diaryl/α,β-unsaturated/α-hetero) is 1. The number of hydrogen-bond acceptors (Lipinski definition) is 7. The minimum atomic E-state index is -1.41. The summed E-state index contributed by atoms with van der Waals surface area (Å²) in [6.45, 7) is 0. The molecule has 0 radical (unpaired) electrons. The van der Waals surface area contributed by atoms with Gasteiger partial charge in [-0.25, -0.2) is 0 Å². The minimum Gasteiger partial charge on any atom is -0.507 e. The second kappa shape index (κ2) is 12.1. The number of carbonyl (C=O) groups excluding carboxylic acids is 4. The van der Waals surface area contributed by atoms with E-state index >= 15 is 9.59 Å². The molecule has 2 fully saturated rings. The summed E-state index contributed by atoms with van der Waals surface area (Å²) in [5, 5.41) is 23.7. The lowest BCUT2D eigenvalue weighted by molar-refractivity contribution is -0.384. The van der Waals surface area contributed by atoms with Crippen molar-refractivity contribution in [1.29, 1.82) is 0 Å². The van der Waals surface area contributed by atoms with E-state index in [9.17, 15) is 24.8 Å². The number of phenolic OH excluding ortho intramolecular Hbond substituents is 1. The standard InChI is InChI=1S/C44H32N2O7/c47-37-22-21-31(29-13-7-8-14-30(29)37)40-32-19-20-33-39(43(51)45(42(33)50)27-15-17-28(18-16-27)46(52)53)35(32)23-36-41(49)34(25-9-3-1-4-10-25)24-38(48)44(36,40)26-11-5-2-6-12-26/h1-19,21-22,24,33,35-36,39-40,47H,20,23H2. The Morgan fingerprint density at radius 2 is 1.40 bits per heavy atom. The van der Waals surface area contributed by atoms with Crippen molar-refractivity contribution in [3.05, 3.63) is 166 Å². The highest BCUT2D eigenvalue weighted by Crippen LogP contribution is 2.64. The molecule has 53 heavy (non-hydrogen) atoms. The number of imide groups is 1. The Kier molecular flexibility index (Phi) is 7.37. The van der Waals surface area contributed by atoms with Crippen LogP contribution >= 0.6 is 0 Å². The molecule has 3 aliphatic carbocycles. The number of rotatable bonds is 5. The van der Waals surface area contributed by atoms with E-state index in [1.807, 2.05) is 97.1 Å². The molecule has 5 aromatic rings. The molecule has 1 heterocycles. The fraction of sp³-hybridized carbons (Fsp3) is 0.182. The number of nitro benzene ring substituents is 1. The molecule has 0 aromatic heterocycles. The fourth-order valence-corrected chi connectivity index (χ4v) is 9.75. The van der Waals surface area contributed by atoms with Crippen molar-refractivity contribution in [2.75, 3.05) is 4.90 Å². The number of fused-ring (bicyclic) bond motifs is 5. The molecule has 1 saturated carbocycles. The molecule has 6 unspecified atom stereocenters. The summed E-state index contributed by atoms with van der Waals surface area (Å²) in [5.74, 6) is -4.96. The number of carbonyl (C=O) groups is 4. The molecule has 1 saturated heterocycles. The highest BCUT2D eigenvalue weighted by molar-refractivity contribution is 6.32. The molecule has 1 N–H and O–H groups in total. The first-order chi connectivity index (χ1) is 25.7. The smallest absolute Gasteiger partial charge is 0.269 e. The minimum absolute atomic E-state index is 0.0762. The van der Waals surface area contributed by atoms with E-state index in [-0.39, 0.29) is 41.5 Å². The van der Waals surface area contributed by atoms with Gasteiger partial charge >= 0.3 is 0 Å². The number of nitro groups is 1. The molecule has 6 atom stereocenters. The van der Waals surface area contributed by atoms with Crippen LogP contribution in [0.2, 0.25) is 0 Å². The van der Waals surface area contributed by atoms with Gasteiger partial charge in [-0.05, 0) is 65.1 Å². The molecule has 2 amide bonds. The molecular formula is C44H32N2O7. The lowest BCUT2D eigenvalue weighted by atomic mass is 9.44. The van der Waals surface area contributed by atoms with Gasteiger partial charge in [0.2, 0.25) is 11.8 Å². The molecule has 9 heteroatoms. The van der Waals surface area contributed by atoms with Gasteiger partial charge in [-0.2, -0.15) is 0 Å². The van der Waals surface area contributed by atoms with E-state index in [2.05, 4.69) is 0 Å². The van der Waals surface area contributed by atoms with Crippen molar-refractivity contribution in [2.45, 2.75) is 24.2 Å². The largest absolute Gasteiger partial charge is 0.507 e. The Balaban J connectivity index is 1.28. The van der Waals surface area contributed by atoms with Gasteiger partial charge in [0.15, 0.2) is 11.6 Å². The van der Waals surface area contributed by atoms with Crippen LogP contribution in [0, 0.1) is 33.8 Å². The second-order valence-corrected chi connectivity index (χ2v) is 14.3. The van der Waals surface area contributed by atoms with Gasteiger partial charge in [0.05, 0.1) is 27.9 Å². The van der Waals surface area contributed by atoms with Crippen LogP contribution in [0.5, 0.6) is 5.75 Å². The van der Waals surface area contributed by atoms with Gasteiger partial charge < -0.3 is 5.11 Å². The normalized spacial score (nSPS) is 26.4. The number of amides is 2. The fourth-order valence-electron chi connectivity index (χ4n) is 9.75. The maximum atomic E-state index is 15.3. The van der Waals surface area contributed by atoms with Crippen LogP contribution in [0.1, 0.15) is 35.4 Å². The van der Waals surface area contributed by atoms with Crippen molar-refractivity contribution < 1.29 is 29.2 Å². The van der Waals surface area contributed by atoms with Gasteiger partial charge in [0, 0.05) is 34.9 Å². The first-order valence-corrected chi connectivity index (χ1v) is 17.7. The second-order valence-electron chi connectivity index (χ2n) is 14.3. The number of non-ortho nitro benzene ring substituents is 1. The third-order valence-corrected chi connectivity index (χ3v) is 11.9. The molecule has 0 spiro atoms. The Hall–Kier alpha value is -6.48. The lowest BCUT2D eigenvalue weighted by Crippen LogP contribution is -2.58. The van der Waals surface area contributed by atoms with Gasteiger partial charge in [-0.3, -0.25) is 34.2 Å². The maximum Gasteiger partial charge on any atom is 0.269 e. The molecule has 1 aliphatic heterocycles. The summed E-state index contributed by atoms with van der Waals surface area (Å²) in [6.07, 6.45) is 3.87. The molecule has 5 aromatic carbocycles. The van der Waals surface area contributed by atoms with Gasteiger partial charge in [0.25, 0.3) is 5.69 Å². The Morgan fingerprint density at radius 1 is 0.736 bits per heavy atom. The predicted molar refractivity (Wildman–Crippen MR) is 198 cm³/mol. The monoisotopic (exact) mass is 700 g/mol. The maximum absolute atomic E-state index is 15.3. The van der Waals surface area contributed by atoms with Gasteiger partial charge in [-0.1, -0.05) is 103 Å². The number of ketones is 2. The number of benzene rings is 5. The highest BCUT2D eigenvalue weighted by atomic mass is 16.6. The molecule has 4 aliphatic rings. The van der Waals surface area contributed by atoms with Crippen LogP contribution in [0.25, 0.3) is 16.3 Å². The zero-order valence-electron chi connectivity index (χ0n) is 28.3. The van der Waals surface area contributed by atoms with Crippen LogP contribution in [0.15, 0.2) is 139 Å². The predicted octanol–water partition coefficient (Wildman–Crippen LogP) is 7.48. The van der Waals surface area contributed by atoms with E-state index in [1.165, 1.54) is 30.3 Å². The number of aromatic hydroxyl groups is 1. The van der Waals surface area contributed by atoms with Crippen LogP contribution in [0.3, 0.4) is 0 Å². The lowest BCUT2D eigenvalue weighted by Gasteiger charge is -2.55. The number of anilines is 1. The molecule has 9 rings (SSSR count). The first-order valence-electron chi connectivity index (χ1n) is 17.7. The topological polar surface area (TPSA) is 135 Å². The summed E-state index contributed by atoms with van der Waals surface area (Å²) < 4.78 is 0. The van der Waals surface area contributed by atoms with Gasteiger partial charge in [0.1, 0.15) is 5.75 Å². The quantitative estimate of drug-likeness (QED) is 0.0869. The van der Waals surface area contributed by atoms with Crippen molar-refractivity contribution in [1.82, 2.24) is 0 Å². The highest BCUT2D eigenvalue weighted by Gasteiger charge is 2.66. The summed E-state index contributed by atoms with van der Waals surface area (Å²) in [5.41, 5.74) is 1.84. The zero-order valence-corrected chi connectivity index (χ0v) is 28.3. The Labute approximate surface area is 304 Å². The summed E-state index contributed by atoms with van der Waals surface area (Å²) in [6, 6.07) is 34.7. The molecule has 260 valence electrons. The molecule has 9 nitrogen and oxygen atoms in total. The molecular weight excluding hydrogens is 668 g/mol. The van der Waals surface area contributed by atoms with Crippen molar-refractivity contribution in [3.63, 3.8) is 0 Å². The van der Waals surface area contributed by atoms with Crippen molar-refractivity contribution in [3.8, 4) is 5.75 Å². The summed E-state index contributed by atoms with van der Waals surface area (Å²) in [4.78, 5) is 71.2. The SMILES string of the molecule is O=C1C(c2ccccc2)=CC(=O)C2(c3ccccc3)C1CC1C(=CCC3C(=O)N(c4ccc([N+](=O)[O-])cc4)C(=O)C31)C2c1ccc(O)c2ccccc12. The zero-order chi connectivity index (χ0) is 36.6. The van der Waals surface area contributed by atoms with Crippen LogP contribution in [-0.4, -0.2) is 33.4 Å². The summed E-state index contributed by atoms with van der Waals surface area (Å²) >= 11 is 0. The number of nitrogens with zero attached hydrogens (tertiary/aromatic N) is 2. The average molecular weight is 701 g/mol. The van der Waals surface area contributed by atoms with E-state index in [0.29, 0.717) is 22.1 Å². The third kappa shape index (κ3) is 4.63. The number of allylic oxidation sites excluding steroid dienone is 4. The average Bonchev–Trinajstić information content (AvgIpc) is 3.45. The van der Waals surface area contributed by atoms with E-state index < -0.39 is 51.7 Å². The van der Waals surface area contributed by atoms with Crippen LogP contribution < -0.4 is 4.90 Å². The third-order valence-electron chi connectivity index (χ3n) is 11.9. The van der Waals surface area contributed by atoms with Gasteiger partial charge in [-0.15, -0.1) is 0 Å². The number of hydrogen-bond donors (Lipinski definition) is 1. The summed E-state index contributed by atoms with van der Waals surface area (Å²) in [7, 11) is 0. The van der Waals surface area contributed by atoms with Crippen LogP contribution in [0.4, 0.5) is 11.4 Å². The van der Waals surface area contributed by atoms with Crippen LogP contribution in [-0.2, 0) is 24.6 Å². The van der Waals surface area contributed by atoms with Crippen molar-refractivity contribution in [2.24, 2.45) is 23.7 Å². The van der Waals surface area contributed by atoms with Crippen molar-refractivity contribution >= 4 is 51.1 Å². The van der Waals surface area contributed by atoms with E-state index in [4.69, 9.17) is 0 Å². The van der Waals surface area contributed by atoms with E-state index in [0.717, 1.165) is 21.4 Å². The first kappa shape index (κ1) is 32.4. The number of phenols is 1. The Bertz CT molecular complexity index is 2450. The molecule has 0 bridgehead atoms.